The highest BCUT2D eigenvalue weighted by Crippen LogP contribution is 2.07. The molecule has 0 fully saturated rings. The minimum absolute atomic E-state index is 0.296. The highest BCUT2D eigenvalue weighted by molar-refractivity contribution is 5.58. The zero-order valence-corrected chi connectivity index (χ0v) is 9.23. The molecule has 0 bridgehead atoms. The Labute approximate surface area is 91.3 Å². The molecule has 0 aliphatic rings. The molecule has 2 nitrogen and oxygen atoms in total. The van der Waals surface area contributed by atoms with Gasteiger partial charge in [-0.2, -0.15) is 0 Å². The number of hydrogen-bond acceptors (Lipinski definition) is 2. The van der Waals surface area contributed by atoms with Crippen molar-refractivity contribution in [3.63, 3.8) is 0 Å². The Kier molecular flexibility index (Phi) is 4.61. The van der Waals surface area contributed by atoms with Crippen molar-refractivity contribution in [2.75, 3.05) is 0 Å². The van der Waals surface area contributed by atoms with Gasteiger partial charge in [-0.05, 0) is 17.2 Å². The first-order chi connectivity index (χ1) is 7.22. The highest BCUT2D eigenvalue weighted by atomic mass is 16.6. The van der Waals surface area contributed by atoms with Crippen LogP contribution in [0.15, 0.2) is 36.0 Å². The van der Waals surface area contributed by atoms with Crippen LogP contribution in [-0.2, 0) is 11.4 Å². The van der Waals surface area contributed by atoms with E-state index in [1.807, 2.05) is 44.2 Å². The van der Waals surface area contributed by atoms with E-state index in [9.17, 15) is 0 Å². The van der Waals surface area contributed by atoms with E-state index < -0.39 is 0 Å². The van der Waals surface area contributed by atoms with Gasteiger partial charge >= 0.3 is 0 Å². The average Bonchev–Trinajstić information content (AvgIpc) is 2.24. The van der Waals surface area contributed by atoms with E-state index in [1.54, 1.807) is 0 Å². The Morgan fingerprint density at radius 3 is 3.00 bits per heavy atom. The number of hydrogen-bond donors (Lipinski definition) is 0. The van der Waals surface area contributed by atoms with Gasteiger partial charge in [0, 0.05) is 5.92 Å². The van der Waals surface area contributed by atoms with Crippen LogP contribution in [0, 0.1) is 5.92 Å². The van der Waals surface area contributed by atoms with Crippen molar-refractivity contribution in [2.45, 2.75) is 20.5 Å². The van der Waals surface area contributed by atoms with E-state index in [4.69, 9.17) is 4.84 Å². The SMILES string of the molecule is C=Cc1cccc(CO/N=[C]\C(C)C)c1. The van der Waals surface area contributed by atoms with Crippen molar-refractivity contribution in [1.29, 1.82) is 0 Å². The van der Waals surface area contributed by atoms with Crippen molar-refractivity contribution < 1.29 is 4.84 Å². The lowest BCUT2D eigenvalue weighted by atomic mass is 10.1. The molecule has 1 aromatic rings. The molecule has 0 atom stereocenters. The summed E-state index contributed by atoms with van der Waals surface area (Å²) in [6.45, 7) is 8.20. The molecular weight excluding hydrogens is 186 g/mol. The van der Waals surface area contributed by atoms with Crippen LogP contribution in [0.4, 0.5) is 0 Å². The summed E-state index contributed by atoms with van der Waals surface area (Å²) < 4.78 is 0. The fraction of sp³-hybridized carbons (Fsp3) is 0.308. The summed E-state index contributed by atoms with van der Waals surface area (Å²) in [7, 11) is 0. The molecule has 79 valence electrons. The molecule has 1 radical (unpaired) electrons. The third-order valence-corrected chi connectivity index (χ3v) is 1.79. The lowest BCUT2D eigenvalue weighted by Gasteiger charge is -2.01. The van der Waals surface area contributed by atoms with Gasteiger partial charge in [-0.15, -0.1) is 0 Å². The van der Waals surface area contributed by atoms with Gasteiger partial charge in [0.2, 0.25) is 0 Å². The molecule has 0 saturated heterocycles. The third-order valence-electron chi connectivity index (χ3n) is 1.79. The zero-order valence-electron chi connectivity index (χ0n) is 9.23. The largest absolute Gasteiger partial charge is 0.391 e. The molecule has 0 aliphatic carbocycles. The van der Waals surface area contributed by atoms with Crippen LogP contribution in [0.25, 0.3) is 6.08 Å². The van der Waals surface area contributed by atoms with Crippen molar-refractivity contribution in [2.24, 2.45) is 11.1 Å². The maximum Gasteiger partial charge on any atom is 0.142 e. The number of nitrogens with zero attached hydrogens (tertiary/aromatic N) is 1. The van der Waals surface area contributed by atoms with Crippen LogP contribution in [0.2, 0.25) is 0 Å². The molecule has 15 heavy (non-hydrogen) atoms. The van der Waals surface area contributed by atoms with Gasteiger partial charge in [-0.3, -0.25) is 0 Å². The molecule has 1 rings (SSSR count). The molecular formula is C13H16NO. The van der Waals surface area contributed by atoms with Gasteiger partial charge in [-0.1, -0.05) is 49.9 Å². The lowest BCUT2D eigenvalue weighted by Crippen LogP contribution is -1.91. The summed E-state index contributed by atoms with van der Waals surface area (Å²) in [5, 5.41) is 3.75. The maximum absolute atomic E-state index is 5.11. The summed E-state index contributed by atoms with van der Waals surface area (Å²) in [6, 6.07) is 8.00. The first-order valence-corrected chi connectivity index (χ1v) is 5.01. The average molecular weight is 202 g/mol. The van der Waals surface area contributed by atoms with Gasteiger partial charge < -0.3 is 4.84 Å². The minimum Gasteiger partial charge on any atom is -0.391 e. The molecule has 2 heteroatoms. The molecule has 0 aromatic heterocycles. The summed E-state index contributed by atoms with van der Waals surface area (Å²) in [4.78, 5) is 5.11. The molecule has 1 aromatic carbocycles. The molecule has 0 saturated carbocycles. The van der Waals surface area contributed by atoms with Crippen LogP contribution in [0.1, 0.15) is 25.0 Å². The molecule has 0 heterocycles. The molecule has 0 aliphatic heterocycles. The van der Waals surface area contributed by atoms with E-state index in [2.05, 4.69) is 17.9 Å². The van der Waals surface area contributed by atoms with Crippen LogP contribution in [-0.4, -0.2) is 6.21 Å². The molecule has 0 N–H and O–H groups in total. The third kappa shape index (κ3) is 4.45. The Balaban J connectivity index is 2.47. The Bertz CT molecular complexity index is 342. The number of benzene rings is 1. The molecule has 0 spiro atoms. The van der Waals surface area contributed by atoms with Crippen LogP contribution < -0.4 is 0 Å². The molecule has 0 amide bonds. The normalized spacial score (nSPS) is 10.9. The predicted molar refractivity (Wildman–Crippen MR) is 63.6 cm³/mol. The van der Waals surface area contributed by atoms with E-state index in [0.717, 1.165) is 11.1 Å². The van der Waals surface area contributed by atoms with Gasteiger partial charge in [0.05, 0.1) is 0 Å². The Morgan fingerprint density at radius 2 is 2.33 bits per heavy atom. The topological polar surface area (TPSA) is 21.6 Å². The van der Waals surface area contributed by atoms with E-state index in [0.29, 0.717) is 12.5 Å². The first-order valence-electron chi connectivity index (χ1n) is 5.01. The fourth-order valence-corrected chi connectivity index (χ4v) is 1.06. The van der Waals surface area contributed by atoms with Gasteiger partial charge in [0.1, 0.15) is 12.8 Å². The van der Waals surface area contributed by atoms with Gasteiger partial charge in [-0.25, -0.2) is 0 Å². The Hall–Kier alpha value is -1.57. The van der Waals surface area contributed by atoms with E-state index in [-0.39, 0.29) is 0 Å². The van der Waals surface area contributed by atoms with E-state index in [1.165, 1.54) is 0 Å². The fourth-order valence-electron chi connectivity index (χ4n) is 1.06. The second-order valence-corrected chi connectivity index (χ2v) is 3.60. The van der Waals surface area contributed by atoms with Gasteiger partial charge in [0.25, 0.3) is 0 Å². The first kappa shape index (κ1) is 11.5. The summed E-state index contributed by atoms with van der Waals surface area (Å²) >= 11 is 0. The highest BCUT2D eigenvalue weighted by Gasteiger charge is 1.93. The van der Waals surface area contributed by atoms with Crippen molar-refractivity contribution >= 4 is 12.3 Å². The lowest BCUT2D eigenvalue weighted by molar-refractivity contribution is 0.131. The van der Waals surface area contributed by atoms with Gasteiger partial charge in [0.15, 0.2) is 0 Å². The van der Waals surface area contributed by atoms with Crippen molar-refractivity contribution in [1.82, 2.24) is 0 Å². The summed E-state index contributed by atoms with van der Waals surface area (Å²) in [6.07, 6.45) is 4.64. The quantitative estimate of drug-likeness (QED) is 0.530. The van der Waals surface area contributed by atoms with Crippen LogP contribution in [0.5, 0.6) is 0 Å². The van der Waals surface area contributed by atoms with Crippen LogP contribution >= 0.6 is 0 Å². The molecule has 0 unspecified atom stereocenters. The minimum atomic E-state index is 0.296. The predicted octanol–water partition coefficient (Wildman–Crippen LogP) is 3.37. The van der Waals surface area contributed by atoms with E-state index >= 15 is 0 Å². The summed E-state index contributed by atoms with van der Waals surface area (Å²) in [5.74, 6) is 0.296. The number of rotatable bonds is 5. The Morgan fingerprint density at radius 1 is 1.53 bits per heavy atom. The standard InChI is InChI=1S/C13H16NO/c1-4-12-6-5-7-13(8-12)10-15-14-9-11(2)3/h4-8,11H,1,10H2,2-3H3. The van der Waals surface area contributed by atoms with Crippen molar-refractivity contribution in [3.8, 4) is 0 Å². The van der Waals surface area contributed by atoms with Crippen molar-refractivity contribution in [3.05, 3.63) is 42.0 Å². The second kappa shape index (κ2) is 6.02. The zero-order chi connectivity index (χ0) is 11.1. The smallest absolute Gasteiger partial charge is 0.142 e. The second-order valence-electron chi connectivity index (χ2n) is 3.60. The van der Waals surface area contributed by atoms with Crippen LogP contribution in [0.3, 0.4) is 0 Å². The summed E-state index contributed by atoms with van der Waals surface area (Å²) in [5.41, 5.74) is 2.18. The maximum atomic E-state index is 5.11. The monoisotopic (exact) mass is 202 g/mol.